The Morgan fingerprint density at radius 2 is 1.54 bits per heavy atom. The lowest BCUT2D eigenvalue weighted by Crippen LogP contribution is -2.28. The molecule has 0 aromatic heterocycles. The summed E-state index contributed by atoms with van der Waals surface area (Å²) in [5, 5.41) is 35.9. The normalized spacial score (nSPS) is 14.8. The van der Waals surface area contributed by atoms with Crippen LogP contribution in [0.25, 0.3) is 0 Å². The van der Waals surface area contributed by atoms with E-state index in [2.05, 4.69) is 13.0 Å². The number of carbonyl (C=O) groups is 2. The van der Waals surface area contributed by atoms with E-state index >= 15 is 0 Å². The zero-order valence-corrected chi connectivity index (χ0v) is 15.4. The third-order valence-corrected chi connectivity index (χ3v) is 3.57. The molecule has 0 saturated carbocycles. The van der Waals surface area contributed by atoms with E-state index in [0.29, 0.717) is 12.8 Å². The van der Waals surface area contributed by atoms with Gasteiger partial charge in [-0.05, 0) is 25.7 Å². The van der Waals surface area contributed by atoms with Crippen molar-refractivity contribution in [1.29, 1.82) is 0 Å². The topological polar surface area (TPSA) is 134 Å². The lowest BCUT2D eigenvalue weighted by molar-refractivity contribution is -0.159. The molecule has 0 amide bonds. The Balaban J connectivity index is 4.50. The molecule has 26 heavy (non-hydrogen) atoms. The Bertz CT molecular complexity index is 410. The van der Waals surface area contributed by atoms with E-state index < -0.39 is 43.3 Å². The van der Waals surface area contributed by atoms with Crippen molar-refractivity contribution in [3.05, 3.63) is 12.2 Å². The Morgan fingerprint density at radius 3 is 2.12 bits per heavy atom. The van der Waals surface area contributed by atoms with Crippen LogP contribution in [0.5, 0.6) is 0 Å². The predicted octanol–water partition coefficient (Wildman–Crippen LogP) is 0.312. The van der Waals surface area contributed by atoms with Gasteiger partial charge in [0.1, 0.15) is 25.4 Å². The minimum atomic E-state index is -1.16. The van der Waals surface area contributed by atoms with Gasteiger partial charge in [0.25, 0.3) is 0 Å². The standard InChI is InChI=1S/C18H32O8/c1-2-3-4-5-6-7-8-14(18(24)26-13-16(22)11-20)9-17(23)25-12-15(21)10-19/h4-5,14-16,19-22H,2-3,6-13H2,1H3/b5-4+. The Morgan fingerprint density at radius 1 is 0.962 bits per heavy atom. The Hall–Kier alpha value is -1.48. The minimum absolute atomic E-state index is 0.217. The summed E-state index contributed by atoms with van der Waals surface area (Å²) in [6.45, 7) is 0.334. The van der Waals surface area contributed by atoms with Crippen molar-refractivity contribution >= 4 is 11.9 Å². The highest BCUT2D eigenvalue weighted by Crippen LogP contribution is 2.17. The van der Waals surface area contributed by atoms with E-state index in [4.69, 9.17) is 19.7 Å². The van der Waals surface area contributed by atoms with Crippen molar-refractivity contribution < 1.29 is 39.5 Å². The first-order valence-corrected chi connectivity index (χ1v) is 8.99. The van der Waals surface area contributed by atoms with E-state index in [1.807, 2.05) is 6.08 Å². The van der Waals surface area contributed by atoms with Crippen LogP contribution in [-0.2, 0) is 19.1 Å². The second-order valence-corrected chi connectivity index (χ2v) is 6.08. The van der Waals surface area contributed by atoms with Crippen LogP contribution in [0.1, 0.15) is 45.4 Å². The number of hydrogen-bond donors (Lipinski definition) is 4. The summed E-state index contributed by atoms with van der Waals surface area (Å²) >= 11 is 0. The molecule has 3 unspecified atom stereocenters. The van der Waals surface area contributed by atoms with Gasteiger partial charge in [0, 0.05) is 0 Å². The monoisotopic (exact) mass is 376 g/mol. The molecule has 0 bridgehead atoms. The van der Waals surface area contributed by atoms with E-state index in [9.17, 15) is 19.8 Å². The number of aliphatic hydroxyl groups excluding tert-OH is 4. The highest BCUT2D eigenvalue weighted by molar-refractivity contribution is 5.80. The lowest BCUT2D eigenvalue weighted by atomic mass is 9.98. The number of unbranched alkanes of at least 4 members (excludes halogenated alkanes) is 2. The van der Waals surface area contributed by atoms with Gasteiger partial charge < -0.3 is 29.9 Å². The SMILES string of the molecule is CCC/C=C/CCCC(CC(=O)OCC(O)CO)C(=O)OCC(O)CO. The average Bonchev–Trinajstić information content (AvgIpc) is 2.65. The number of carbonyl (C=O) groups excluding carboxylic acids is 2. The molecule has 0 spiro atoms. The fraction of sp³-hybridized carbons (Fsp3) is 0.778. The molecule has 0 heterocycles. The van der Waals surface area contributed by atoms with E-state index in [1.54, 1.807) is 0 Å². The van der Waals surface area contributed by atoms with Crippen LogP contribution >= 0.6 is 0 Å². The summed E-state index contributed by atoms with van der Waals surface area (Å²) in [5.41, 5.74) is 0. The van der Waals surface area contributed by atoms with Crippen molar-refractivity contribution in [1.82, 2.24) is 0 Å². The van der Waals surface area contributed by atoms with Gasteiger partial charge in [-0.1, -0.05) is 25.5 Å². The predicted molar refractivity (Wildman–Crippen MR) is 94.1 cm³/mol. The quantitative estimate of drug-likeness (QED) is 0.182. The van der Waals surface area contributed by atoms with Crippen LogP contribution in [0.4, 0.5) is 0 Å². The smallest absolute Gasteiger partial charge is 0.309 e. The number of allylic oxidation sites excluding steroid dienone is 2. The molecule has 8 nitrogen and oxygen atoms in total. The first-order chi connectivity index (χ1) is 12.4. The molecule has 0 aromatic carbocycles. The van der Waals surface area contributed by atoms with Crippen LogP contribution < -0.4 is 0 Å². The molecule has 0 saturated heterocycles. The minimum Gasteiger partial charge on any atom is -0.463 e. The average molecular weight is 376 g/mol. The third-order valence-electron chi connectivity index (χ3n) is 3.57. The number of hydrogen-bond acceptors (Lipinski definition) is 8. The summed E-state index contributed by atoms with van der Waals surface area (Å²) in [7, 11) is 0. The van der Waals surface area contributed by atoms with Crippen LogP contribution in [0.3, 0.4) is 0 Å². The van der Waals surface area contributed by atoms with Crippen molar-refractivity contribution in [2.75, 3.05) is 26.4 Å². The second-order valence-electron chi connectivity index (χ2n) is 6.08. The maximum atomic E-state index is 12.1. The van der Waals surface area contributed by atoms with Gasteiger partial charge in [0.15, 0.2) is 0 Å². The maximum absolute atomic E-state index is 12.1. The fourth-order valence-corrected chi connectivity index (χ4v) is 2.04. The first kappa shape index (κ1) is 24.5. The first-order valence-electron chi connectivity index (χ1n) is 8.99. The molecule has 0 aliphatic heterocycles. The molecule has 4 N–H and O–H groups in total. The van der Waals surface area contributed by atoms with Gasteiger partial charge in [-0.15, -0.1) is 0 Å². The summed E-state index contributed by atoms with van der Waals surface area (Å²) in [6.07, 6.45) is 5.45. The van der Waals surface area contributed by atoms with Gasteiger partial charge >= 0.3 is 11.9 Å². The summed E-state index contributed by atoms with van der Waals surface area (Å²) in [5.74, 6) is -2.06. The number of aliphatic hydroxyl groups is 4. The highest BCUT2D eigenvalue weighted by Gasteiger charge is 2.25. The zero-order chi connectivity index (χ0) is 19.8. The van der Waals surface area contributed by atoms with Crippen molar-refractivity contribution in [2.24, 2.45) is 5.92 Å². The lowest BCUT2D eigenvalue weighted by Gasteiger charge is -2.17. The number of rotatable bonds is 15. The molecular weight excluding hydrogens is 344 g/mol. The number of ether oxygens (including phenoxy) is 2. The zero-order valence-electron chi connectivity index (χ0n) is 15.4. The third kappa shape index (κ3) is 12.8. The summed E-state index contributed by atoms with van der Waals surface area (Å²) < 4.78 is 9.76. The van der Waals surface area contributed by atoms with Crippen LogP contribution in [0.15, 0.2) is 12.2 Å². The van der Waals surface area contributed by atoms with Crippen molar-refractivity contribution in [3.63, 3.8) is 0 Å². The maximum Gasteiger partial charge on any atom is 0.309 e. The van der Waals surface area contributed by atoms with Gasteiger partial charge in [-0.25, -0.2) is 0 Å². The molecular formula is C18H32O8. The molecule has 152 valence electrons. The van der Waals surface area contributed by atoms with Crippen LogP contribution in [0.2, 0.25) is 0 Å². The van der Waals surface area contributed by atoms with Crippen LogP contribution in [-0.4, -0.2) is 71.0 Å². The summed E-state index contributed by atoms with van der Waals surface area (Å²) in [4.78, 5) is 24.0. The molecule has 0 fully saturated rings. The number of esters is 2. The second kappa shape index (κ2) is 15.7. The fourth-order valence-electron chi connectivity index (χ4n) is 2.04. The summed E-state index contributed by atoms with van der Waals surface area (Å²) in [6, 6.07) is 0. The molecule has 8 heteroatoms. The van der Waals surface area contributed by atoms with Gasteiger partial charge in [0.2, 0.25) is 0 Å². The molecule has 0 aliphatic rings. The van der Waals surface area contributed by atoms with E-state index in [-0.39, 0.29) is 19.6 Å². The van der Waals surface area contributed by atoms with E-state index in [1.165, 1.54) is 0 Å². The molecule has 3 atom stereocenters. The van der Waals surface area contributed by atoms with Crippen molar-refractivity contribution in [2.45, 2.75) is 57.7 Å². The molecule has 0 aliphatic carbocycles. The Kier molecular flexibility index (Phi) is 14.9. The van der Waals surface area contributed by atoms with Gasteiger partial charge in [-0.2, -0.15) is 0 Å². The Labute approximate surface area is 154 Å². The van der Waals surface area contributed by atoms with E-state index in [0.717, 1.165) is 19.3 Å². The van der Waals surface area contributed by atoms with Crippen molar-refractivity contribution in [3.8, 4) is 0 Å². The highest BCUT2D eigenvalue weighted by atomic mass is 16.6. The largest absolute Gasteiger partial charge is 0.463 e. The van der Waals surface area contributed by atoms with Gasteiger partial charge in [0.05, 0.1) is 25.6 Å². The van der Waals surface area contributed by atoms with Crippen LogP contribution in [0, 0.1) is 5.92 Å². The molecule has 0 rings (SSSR count). The van der Waals surface area contributed by atoms with Gasteiger partial charge in [-0.3, -0.25) is 9.59 Å². The molecule has 0 radical (unpaired) electrons. The molecule has 0 aromatic rings.